The average molecular weight is 361 g/mol. The van der Waals surface area contributed by atoms with Gasteiger partial charge in [0.1, 0.15) is 0 Å². The molecule has 0 aliphatic heterocycles. The van der Waals surface area contributed by atoms with E-state index in [1.165, 1.54) is 0 Å². The highest BCUT2D eigenvalue weighted by Gasteiger charge is 2.07. The largest absolute Gasteiger partial charge is 0.380 e. The summed E-state index contributed by atoms with van der Waals surface area (Å²) in [7, 11) is 0. The molecule has 3 aromatic rings. The minimum atomic E-state index is -0.278. The molecule has 0 saturated carbocycles. The Kier molecular flexibility index (Phi) is 3.97. The van der Waals surface area contributed by atoms with Gasteiger partial charge in [0.25, 0.3) is 0 Å². The molecule has 0 spiro atoms. The van der Waals surface area contributed by atoms with Crippen LogP contribution in [0.2, 0.25) is 0 Å². The molecular formula is C15H13BrN4O2. The van der Waals surface area contributed by atoms with Crippen LogP contribution in [0.1, 0.15) is 5.56 Å². The second-order valence-electron chi connectivity index (χ2n) is 4.71. The van der Waals surface area contributed by atoms with Gasteiger partial charge in [-0.25, -0.2) is 4.79 Å². The third-order valence-electron chi connectivity index (χ3n) is 3.12. The molecule has 0 bridgehead atoms. The number of rotatable bonds is 3. The Balaban J connectivity index is 1.60. The van der Waals surface area contributed by atoms with Crippen molar-refractivity contribution in [2.24, 2.45) is 0 Å². The quantitative estimate of drug-likeness (QED) is 0.666. The van der Waals surface area contributed by atoms with Crippen LogP contribution >= 0.6 is 15.9 Å². The molecule has 0 aliphatic carbocycles. The minimum absolute atomic E-state index is 0.278. The van der Waals surface area contributed by atoms with Crippen LogP contribution in [-0.4, -0.2) is 11.2 Å². The van der Waals surface area contributed by atoms with E-state index >= 15 is 0 Å². The van der Waals surface area contributed by atoms with Gasteiger partial charge in [-0.05, 0) is 42.0 Å². The van der Waals surface area contributed by atoms with Crippen molar-refractivity contribution >= 4 is 44.4 Å². The Morgan fingerprint density at radius 3 is 2.77 bits per heavy atom. The first-order valence-corrected chi connectivity index (χ1v) is 7.35. The number of urea groups is 1. The number of carbonyl (C=O) groups excluding carboxylic acids is 1. The average Bonchev–Trinajstić information content (AvgIpc) is 2.88. The van der Waals surface area contributed by atoms with Crippen LogP contribution in [0.15, 0.2) is 51.5 Å². The summed E-state index contributed by atoms with van der Waals surface area (Å²) in [6, 6.07) is 12.6. The number of nitrogens with zero attached hydrogens (tertiary/aromatic N) is 1. The first kappa shape index (κ1) is 14.4. The zero-order chi connectivity index (χ0) is 15.5. The molecule has 2 amide bonds. The number of nitrogens with two attached hydrogens (primary N) is 1. The summed E-state index contributed by atoms with van der Waals surface area (Å²) in [5.41, 5.74) is 7.88. The normalized spacial score (nSPS) is 10.6. The number of benzene rings is 2. The molecule has 0 aliphatic rings. The Labute approximate surface area is 134 Å². The third-order valence-corrected chi connectivity index (χ3v) is 3.65. The maximum Gasteiger partial charge on any atom is 0.319 e. The topological polar surface area (TPSA) is 93.2 Å². The number of halogens is 1. The number of carbonyl (C=O) groups is 1. The summed E-state index contributed by atoms with van der Waals surface area (Å²) in [5, 5.41) is 9.99. The lowest BCUT2D eigenvalue weighted by Crippen LogP contribution is -2.28. The number of anilines is 2. The van der Waals surface area contributed by atoms with E-state index in [1.807, 2.05) is 36.4 Å². The van der Waals surface area contributed by atoms with Crippen molar-refractivity contribution in [3.63, 3.8) is 0 Å². The Morgan fingerprint density at radius 1 is 1.23 bits per heavy atom. The molecule has 1 aromatic heterocycles. The number of nitrogens with one attached hydrogen (secondary N) is 2. The lowest BCUT2D eigenvalue weighted by molar-refractivity contribution is 0.251. The van der Waals surface area contributed by atoms with E-state index in [1.54, 1.807) is 6.07 Å². The maximum absolute atomic E-state index is 11.8. The first-order chi connectivity index (χ1) is 10.6. The van der Waals surface area contributed by atoms with E-state index in [2.05, 4.69) is 31.7 Å². The van der Waals surface area contributed by atoms with Gasteiger partial charge >= 0.3 is 6.03 Å². The molecule has 7 heteroatoms. The van der Waals surface area contributed by atoms with Crippen molar-refractivity contribution in [3.05, 3.63) is 52.5 Å². The molecule has 0 atom stereocenters. The Hall–Kier alpha value is -2.54. The molecule has 1 heterocycles. The summed E-state index contributed by atoms with van der Waals surface area (Å²) in [6.45, 7) is 0.374. The Morgan fingerprint density at radius 2 is 2.00 bits per heavy atom. The monoisotopic (exact) mass is 360 g/mol. The third kappa shape index (κ3) is 3.20. The van der Waals surface area contributed by atoms with Crippen LogP contribution in [0.25, 0.3) is 11.0 Å². The molecule has 112 valence electrons. The van der Waals surface area contributed by atoms with E-state index in [0.717, 1.165) is 21.1 Å². The summed E-state index contributed by atoms with van der Waals surface area (Å²) < 4.78 is 6.05. The van der Waals surface area contributed by atoms with E-state index in [-0.39, 0.29) is 6.03 Å². The molecule has 0 radical (unpaired) electrons. The van der Waals surface area contributed by atoms with Gasteiger partial charge in [0.2, 0.25) is 0 Å². The molecule has 22 heavy (non-hydrogen) atoms. The van der Waals surface area contributed by atoms with Gasteiger partial charge in [0.05, 0.1) is 5.39 Å². The van der Waals surface area contributed by atoms with Crippen LogP contribution in [0.5, 0.6) is 0 Å². The van der Waals surface area contributed by atoms with Crippen LogP contribution in [-0.2, 0) is 6.54 Å². The van der Waals surface area contributed by atoms with Crippen LogP contribution in [0, 0.1) is 0 Å². The van der Waals surface area contributed by atoms with Gasteiger partial charge in [0.15, 0.2) is 11.4 Å². The number of amides is 2. The molecule has 0 unspecified atom stereocenters. The molecule has 0 fully saturated rings. The van der Waals surface area contributed by atoms with Crippen LogP contribution < -0.4 is 16.4 Å². The number of nitrogen functional groups attached to an aromatic ring is 1. The summed E-state index contributed by atoms with van der Waals surface area (Å²) in [5.74, 6) is 0.363. The van der Waals surface area contributed by atoms with Gasteiger partial charge in [-0.15, -0.1) is 0 Å². The Bertz CT molecular complexity index is 814. The van der Waals surface area contributed by atoms with E-state index in [4.69, 9.17) is 10.3 Å². The zero-order valence-electron chi connectivity index (χ0n) is 11.5. The van der Waals surface area contributed by atoms with Crippen molar-refractivity contribution in [1.29, 1.82) is 0 Å². The number of hydrogen-bond donors (Lipinski definition) is 3. The zero-order valence-corrected chi connectivity index (χ0v) is 13.1. The van der Waals surface area contributed by atoms with Crippen molar-refractivity contribution < 1.29 is 9.32 Å². The fourth-order valence-corrected chi connectivity index (χ4v) is 2.27. The molecule has 4 N–H and O–H groups in total. The fraction of sp³-hybridized carbons (Fsp3) is 0.0667. The lowest BCUT2D eigenvalue weighted by Gasteiger charge is -2.07. The highest BCUT2D eigenvalue weighted by atomic mass is 79.9. The van der Waals surface area contributed by atoms with Gasteiger partial charge in [-0.3, -0.25) is 0 Å². The molecule has 0 saturated heterocycles. The molecule has 2 aromatic carbocycles. The number of fused-ring (bicyclic) bond motifs is 1. The molecule has 6 nitrogen and oxygen atoms in total. The van der Waals surface area contributed by atoms with E-state index in [9.17, 15) is 4.79 Å². The van der Waals surface area contributed by atoms with Crippen molar-refractivity contribution in [1.82, 2.24) is 10.5 Å². The number of hydrogen-bond acceptors (Lipinski definition) is 4. The van der Waals surface area contributed by atoms with Crippen LogP contribution in [0.3, 0.4) is 0 Å². The summed E-state index contributed by atoms with van der Waals surface area (Å²) >= 11 is 3.34. The second-order valence-corrected chi connectivity index (χ2v) is 5.63. The van der Waals surface area contributed by atoms with Crippen molar-refractivity contribution in [3.8, 4) is 0 Å². The second kappa shape index (κ2) is 6.07. The predicted molar refractivity (Wildman–Crippen MR) is 88.4 cm³/mol. The highest BCUT2D eigenvalue weighted by molar-refractivity contribution is 9.10. The van der Waals surface area contributed by atoms with Gasteiger partial charge in [-0.1, -0.05) is 27.2 Å². The smallest absolute Gasteiger partial charge is 0.319 e. The van der Waals surface area contributed by atoms with Crippen molar-refractivity contribution in [2.75, 3.05) is 11.1 Å². The minimum Gasteiger partial charge on any atom is -0.380 e. The van der Waals surface area contributed by atoms with Gasteiger partial charge in [0, 0.05) is 16.7 Å². The number of aromatic nitrogens is 1. The fourth-order valence-electron chi connectivity index (χ4n) is 2.00. The van der Waals surface area contributed by atoms with E-state index in [0.29, 0.717) is 17.9 Å². The van der Waals surface area contributed by atoms with Crippen molar-refractivity contribution in [2.45, 2.75) is 6.54 Å². The molecular weight excluding hydrogens is 348 g/mol. The van der Waals surface area contributed by atoms with E-state index < -0.39 is 0 Å². The SMILES string of the molecule is Nc1noc2cc(CNC(=O)Nc3ccc(Br)cc3)ccc12. The highest BCUT2D eigenvalue weighted by Crippen LogP contribution is 2.21. The summed E-state index contributed by atoms with van der Waals surface area (Å²) in [4.78, 5) is 11.8. The van der Waals surface area contributed by atoms with Crippen LogP contribution in [0.4, 0.5) is 16.3 Å². The maximum atomic E-state index is 11.8. The lowest BCUT2D eigenvalue weighted by atomic mass is 10.1. The summed E-state index contributed by atoms with van der Waals surface area (Å²) in [6.07, 6.45) is 0. The molecule has 3 rings (SSSR count). The standard InChI is InChI=1S/C15H13BrN4O2/c16-10-2-4-11(5-3-10)19-15(21)18-8-9-1-6-12-13(7-9)22-20-14(12)17/h1-7H,8H2,(H2,17,20)(H2,18,19,21). The van der Waals surface area contributed by atoms with Gasteiger partial charge < -0.3 is 20.9 Å². The first-order valence-electron chi connectivity index (χ1n) is 6.56. The predicted octanol–water partition coefficient (Wildman–Crippen LogP) is 3.49. The van der Waals surface area contributed by atoms with Gasteiger partial charge in [-0.2, -0.15) is 0 Å².